The van der Waals surface area contributed by atoms with Gasteiger partial charge in [-0.1, -0.05) is 75.4 Å². The number of rotatable bonds is 16. The van der Waals surface area contributed by atoms with E-state index in [2.05, 4.69) is 39.2 Å². The second-order valence-corrected chi connectivity index (χ2v) is 27.4. The third-order valence-corrected chi connectivity index (χ3v) is 18.4. The third-order valence-electron chi connectivity index (χ3n) is 18.4. The molecule has 4 heterocycles. The SMILES string of the molecule is CC(C(=O)NC(C(=O)N1Cc2cc(NC(=O)CNC(=O)C3(C)CN(C(=O)CN4CC(C)N(C(=O)O)CC4CN4CCOC[C@H]4C)c4cc(Cc5ccc(F)cc5)ccc43)ccc2C[C@H]1C(=O)N[C@@H]1CCCc2ccccc21)C(C)(C)C)N(C)C(=O)OC(C)(C)C. The van der Waals surface area contributed by atoms with Crippen molar-refractivity contribution >= 4 is 59.0 Å². The molecule has 0 saturated carbocycles. The van der Waals surface area contributed by atoms with Crippen LogP contribution in [0.25, 0.3) is 0 Å². The summed E-state index contributed by atoms with van der Waals surface area (Å²) in [5, 5.41) is 22.1. The zero-order chi connectivity index (χ0) is 65.1. The summed E-state index contributed by atoms with van der Waals surface area (Å²) in [6.07, 6.45) is 1.27. The summed E-state index contributed by atoms with van der Waals surface area (Å²) >= 11 is 0. The highest BCUT2D eigenvalue weighted by Gasteiger charge is 2.49. The number of carbonyl (C=O) groups excluding carboxylic acids is 7. The Bertz CT molecular complexity index is 3370. The number of carbonyl (C=O) groups is 8. The van der Waals surface area contributed by atoms with Gasteiger partial charge >= 0.3 is 12.2 Å². The van der Waals surface area contributed by atoms with Crippen molar-refractivity contribution in [1.29, 1.82) is 0 Å². The predicted octanol–water partition coefficient (Wildman–Crippen LogP) is 6.78. The van der Waals surface area contributed by atoms with Gasteiger partial charge < -0.3 is 50.5 Å². The molecule has 0 bridgehead atoms. The van der Waals surface area contributed by atoms with Crippen LogP contribution in [0.2, 0.25) is 0 Å². The van der Waals surface area contributed by atoms with Crippen molar-refractivity contribution in [2.75, 3.05) is 76.3 Å². The molecule has 0 radical (unpaired) electrons. The van der Waals surface area contributed by atoms with E-state index in [4.69, 9.17) is 9.47 Å². The number of anilines is 2. The predicted molar refractivity (Wildman–Crippen MR) is 338 cm³/mol. The van der Waals surface area contributed by atoms with Gasteiger partial charge in [-0.15, -0.1) is 0 Å². The van der Waals surface area contributed by atoms with Gasteiger partial charge in [-0.05, 0) is 149 Å². The summed E-state index contributed by atoms with van der Waals surface area (Å²) < 4.78 is 25.2. The number of morpholine rings is 1. The average Bonchev–Trinajstić information content (AvgIpc) is 1.57. The first-order valence-electron chi connectivity index (χ1n) is 31.4. The average molecular weight is 1240 g/mol. The van der Waals surface area contributed by atoms with E-state index in [1.165, 1.54) is 33.9 Å². The van der Waals surface area contributed by atoms with Gasteiger partial charge in [0.2, 0.25) is 35.4 Å². The molecule has 4 aliphatic heterocycles. The molecule has 484 valence electrons. The molecule has 4 aromatic carbocycles. The Hall–Kier alpha value is -7.95. The van der Waals surface area contributed by atoms with Gasteiger partial charge in [0.15, 0.2) is 0 Å². The zero-order valence-corrected chi connectivity index (χ0v) is 53.8. The molecular formula is C68H89FN10O11. The molecule has 5 aliphatic rings. The lowest BCUT2D eigenvalue weighted by atomic mass is 9.83. The highest BCUT2D eigenvalue weighted by atomic mass is 19.1. The Morgan fingerprint density at radius 3 is 2.28 bits per heavy atom. The van der Waals surface area contributed by atoms with Crippen LogP contribution in [0.3, 0.4) is 0 Å². The van der Waals surface area contributed by atoms with E-state index in [1.807, 2.05) is 75.1 Å². The lowest BCUT2D eigenvalue weighted by Crippen LogP contribution is -2.64. The first-order chi connectivity index (χ1) is 42.5. The Morgan fingerprint density at radius 1 is 0.856 bits per heavy atom. The van der Waals surface area contributed by atoms with Crippen LogP contribution in [0.5, 0.6) is 0 Å². The molecule has 22 heteroatoms. The van der Waals surface area contributed by atoms with E-state index in [0.717, 1.165) is 40.7 Å². The minimum absolute atomic E-state index is 0.0544. The minimum Gasteiger partial charge on any atom is -0.465 e. The fraction of sp³-hybridized carbons (Fsp3) is 0.529. The smallest absolute Gasteiger partial charge is 0.410 e. The number of nitrogens with one attached hydrogen (secondary N) is 4. The van der Waals surface area contributed by atoms with E-state index in [0.29, 0.717) is 68.2 Å². The van der Waals surface area contributed by atoms with Gasteiger partial charge in [-0.25, -0.2) is 14.0 Å². The molecule has 9 rings (SSSR count). The van der Waals surface area contributed by atoms with Gasteiger partial charge in [0.05, 0.1) is 37.8 Å². The number of hydrogen-bond donors (Lipinski definition) is 5. The molecule has 5 unspecified atom stereocenters. The lowest BCUT2D eigenvalue weighted by molar-refractivity contribution is -0.147. The van der Waals surface area contributed by atoms with Crippen LogP contribution in [0.4, 0.5) is 25.4 Å². The number of hydrogen-bond acceptors (Lipinski definition) is 12. The molecule has 90 heavy (non-hydrogen) atoms. The number of ether oxygens (including phenoxy) is 2. The number of halogens is 1. The van der Waals surface area contributed by atoms with Gasteiger partial charge in [-0.2, -0.15) is 0 Å². The molecule has 8 amide bonds. The quantitative estimate of drug-likeness (QED) is 0.0778. The fourth-order valence-electron chi connectivity index (χ4n) is 13.0. The molecule has 8 atom stereocenters. The van der Waals surface area contributed by atoms with Crippen LogP contribution in [-0.2, 0) is 69.5 Å². The summed E-state index contributed by atoms with van der Waals surface area (Å²) in [4.78, 5) is 123. The Kier molecular flexibility index (Phi) is 20.1. The highest BCUT2D eigenvalue weighted by Crippen LogP contribution is 2.43. The van der Waals surface area contributed by atoms with E-state index >= 15 is 4.79 Å². The molecular weight excluding hydrogens is 1150 g/mol. The lowest BCUT2D eigenvalue weighted by Gasteiger charge is -2.47. The molecule has 0 spiro atoms. The maximum atomic E-state index is 15.3. The standard InChI is InChI=1S/C68H89FN10O11/c1-41-34-76(51(37-77(41)64(86)87)36-75-27-28-89-39-42(75)2)38-58(81)79-40-68(10,53-26-21-45(30-55(53)79)29-44-19-23-49(69)24-20-44)63(85)70-33-57(80)71-50-25-22-47-32-56(61(83)72-54-18-14-16-46-15-12-13-17-52(46)54)78(35-48(47)31-50)62(84)59(66(4,5)6)73-60(82)43(3)74(11)65(88)90-67(7,8)9/h12-13,15,17,19-26,30-31,41-43,51,54,56,59H,14,16,18,27-29,32-40H2,1-11H3,(H,70,85)(H,71,80)(H,72,83)(H,73,82)(H,86,87)/t41?,42-,43?,51?,54-,56+,59?,68?/m1/s1. The third kappa shape index (κ3) is 15.3. The number of carboxylic acid groups (broad SMARTS) is 1. The number of nitrogens with zero attached hydrogens (tertiary/aromatic N) is 6. The van der Waals surface area contributed by atoms with Crippen LogP contribution in [0.1, 0.15) is 127 Å². The van der Waals surface area contributed by atoms with Crippen LogP contribution in [0.15, 0.2) is 84.9 Å². The first-order valence-corrected chi connectivity index (χ1v) is 31.4. The largest absolute Gasteiger partial charge is 0.465 e. The number of fused-ring (bicyclic) bond motifs is 3. The molecule has 0 aromatic heterocycles. The van der Waals surface area contributed by atoms with E-state index < -0.39 is 83.0 Å². The van der Waals surface area contributed by atoms with Crippen LogP contribution < -0.4 is 26.2 Å². The maximum Gasteiger partial charge on any atom is 0.410 e. The Labute approximate surface area is 527 Å². The molecule has 1 aliphatic carbocycles. The Balaban J connectivity index is 0.929. The monoisotopic (exact) mass is 1240 g/mol. The summed E-state index contributed by atoms with van der Waals surface area (Å²) in [6.45, 7) is 19.9. The molecule has 4 aromatic rings. The van der Waals surface area contributed by atoms with E-state index in [1.54, 1.807) is 63.8 Å². The Morgan fingerprint density at radius 2 is 1.58 bits per heavy atom. The van der Waals surface area contributed by atoms with E-state index in [-0.39, 0.29) is 68.4 Å². The van der Waals surface area contributed by atoms with Crippen LogP contribution in [-0.4, -0.2) is 185 Å². The van der Waals surface area contributed by atoms with Gasteiger partial charge in [0, 0.05) is 82.2 Å². The topological polar surface area (TPSA) is 243 Å². The number of aryl methyl sites for hydroxylation is 1. The molecule has 21 nitrogen and oxygen atoms in total. The highest BCUT2D eigenvalue weighted by molar-refractivity contribution is 6.04. The second kappa shape index (κ2) is 27.3. The van der Waals surface area contributed by atoms with Crippen LogP contribution >= 0.6 is 0 Å². The van der Waals surface area contributed by atoms with Crippen molar-refractivity contribution in [3.63, 3.8) is 0 Å². The van der Waals surface area contributed by atoms with Gasteiger partial charge in [-0.3, -0.25) is 43.5 Å². The fourth-order valence-corrected chi connectivity index (χ4v) is 13.0. The molecule has 5 N–H and O–H groups in total. The second-order valence-electron chi connectivity index (χ2n) is 27.4. The maximum absolute atomic E-state index is 15.3. The molecule has 2 saturated heterocycles. The number of amides is 8. The molecule has 2 fully saturated rings. The minimum atomic E-state index is -1.33. The van der Waals surface area contributed by atoms with E-state index in [9.17, 15) is 43.1 Å². The van der Waals surface area contributed by atoms with Crippen molar-refractivity contribution < 1.29 is 57.3 Å². The number of benzene rings is 4. The van der Waals surface area contributed by atoms with Gasteiger partial charge in [0.25, 0.3) is 0 Å². The van der Waals surface area contributed by atoms with Crippen molar-refractivity contribution in [3.05, 3.63) is 130 Å². The number of piperazine rings is 1. The summed E-state index contributed by atoms with van der Waals surface area (Å²) in [5.74, 6) is -3.19. The first kappa shape index (κ1) is 66.5. The van der Waals surface area contributed by atoms with Crippen molar-refractivity contribution in [1.82, 2.24) is 40.4 Å². The summed E-state index contributed by atoms with van der Waals surface area (Å²) in [6, 6.07) is 20.9. The van der Waals surface area contributed by atoms with Crippen molar-refractivity contribution in [3.8, 4) is 0 Å². The van der Waals surface area contributed by atoms with Gasteiger partial charge in [0.1, 0.15) is 29.5 Å². The normalized spacial score (nSPS) is 22.6. The van der Waals surface area contributed by atoms with Crippen molar-refractivity contribution in [2.24, 2.45) is 5.41 Å². The number of likely N-dealkylation sites (N-methyl/N-ethyl adjacent to an activating group) is 1. The summed E-state index contributed by atoms with van der Waals surface area (Å²) in [7, 11) is 1.45. The zero-order valence-electron chi connectivity index (χ0n) is 53.8. The summed E-state index contributed by atoms with van der Waals surface area (Å²) in [5.41, 5.74) is 3.68. The van der Waals surface area contributed by atoms with Crippen LogP contribution in [0, 0.1) is 11.2 Å². The van der Waals surface area contributed by atoms with Crippen molar-refractivity contribution in [2.45, 2.75) is 161 Å².